The predicted octanol–water partition coefficient (Wildman–Crippen LogP) is -0.703. The zero-order valence-corrected chi connectivity index (χ0v) is 13.2. The maximum absolute atomic E-state index is 10.3. The topological polar surface area (TPSA) is 115 Å². The van der Waals surface area contributed by atoms with Gasteiger partial charge in [-0.05, 0) is 24.3 Å². The summed E-state index contributed by atoms with van der Waals surface area (Å²) in [5.74, 6) is -2.62. The Balaban J connectivity index is 0. The van der Waals surface area contributed by atoms with E-state index in [-0.39, 0.29) is 53.6 Å². The summed E-state index contributed by atoms with van der Waals surface area (Å²) in [4.78, 5) is 20.5. The molecule has 0 aromatic heterocycles. The quantitative estimate of drug-likeness (QED) is 0.545. The number of rotatable bonds is 2. The number of para-hydroxylation sites is 2. The Morgan fingerprint density at radius 3 is 1.19 bits per heavy atom. The molecule has 0 heterocycles. The summed E-state index contributed by atoms with van der Waals surface area (Å²) in [6, 6.07) is 11.6. The number of carboxylic acids is 2. The molecule has 0 radical (unpaired) electrons. The normalized spacial score (nSPS) is 8.76. The van der Waals surface area contributed by atoms with Crippen LogP contribution in [0.5, 0.6) is 11.5 Å². The molecular formula is C14H13NaO6. The Kier molecular flexibility index (Phi) is 8.15. The van der Waals surface area contributed by atoms with E-state index < -0.39 is 11.9 Å². The van der Waals surface area contributed by atoms with Crippen LogP contribution in [-0.4, -0.2) is 32.4 Å². The molecule has 106 valence electrons. The molecule has 2 aromatic carbocycles. The van der Waals surface area contributed by atoms with Gasteiger partial charge < -0.3 is 21.9 Å². The van der Waals surface area contributed by atoms with Crippen LogP contribution in [-0.2, 0) is 0 Å². The van der Waals surface area contributed by atoms with E-state index in [1.807, 2.05) is 0 Å². The molecule has 2 rings (SSSR count). The standard InChI is InChI=1S/2C7H6O3.Na.H/c2*8-6-4-2-1-3-5(6)7(9)10;;/h2*1-4,8H,(H,9,10);;/q;;+1;-1. The average molecular weight is 300 g/mol. The number of hydrogen-bond acceptors (Lipinski definition) is 4. The van der Waals surface area contributed by atoms with Crippen molar-refractivity contribution in [3.05, 3.63) is 59.7 Å². The van der Waals surface area contributed by atoms with E-state index in [9.17, 15) is 9.59 Å². The van der Waals surface area contributed by atoms with Crippen molar-refractivity contribution in [2.24, 2.45) is 0 Å². The number of carboxylic acid groups (broad SMARTS) is 2. The molecule has 0 atom stereocenters. The number of benzene rings is 2. The number of aromatic hydroxyl groups is 2. The summed E-state index contributed by atoms with van der Waals surface area (Å²) in [6.45, 7) is 0. The van der Waals surface area contributed by atoms with Gasteiger partial charge >= 0.3 is 41.5 Å². The van der Waals surface area contributed by atoms with Crippen LogP contribution in [0.3, 0.4) is 0 Å². The van der Waals surface area contributed by atoms with Gasteiger partial charge in [-0.25, -0.2) is 9.59 Å². The van der Waals surface area contributed by atoms with Crippen LogP contribution < -0.4 is 29.6 Å². The third-order valence-electron chi connectivity index (χ3n) is 2.27. The smallest absolute Gasteiger partial charge is 1.00 e. The first-order valence-corrected chi connectivity index (χ1v) is 5.46. The van der Waals surface area contributed by atoms with Gasteiger partial charge in [0.1, 0.15) is 22.6 Å². The number of carbonyl (C=O) groups is 2. The zero-order chi connectivity index (χ0) is 15.1. The van der Waals surface area contributed by atoms with E-state index in [2.05, 4.69) is 0 Å². The zero-order valence-electron chi connectivity index (χ0n) is 12.2. The van der Waals surface area contributed by atoms with E-state index in [4.69, 9.17) is 20.4 Å². The number of aromatic carboxylic acids is 2. The molecule has 0 fully saturated rings. The second-order valence-electron chi connectivity index (χ2n) is 3.64. The fraction of sp³-hybridized carbons (Fsp3) is 0. The Morgan fingerprint density at radius 2 is 1.00 bits per heavy atom. The first-order valence-electron chi connectivity index (χ1n) is 5.46. The van der Waals surface area contributed by atoms with Crippen molar-refractivity contribution < 1.29 is 61.0 Å². The molecule has 0 aliphatic carbocycles. The number of hydrogen-bond donors (Lipinski definition) is 4. The van der Waals surface area contributed by atoms with Gasteiger partial charge in [0, 0.05) is 0 Å². The van der Waals surface area contributed by atoms with Gasteiger partial charge in [-0.1, -0.05) is 24.3 Å². The van der Waals surface area contributed by atoms with E-state index in [0.29, 0.717) is 0 Å². The summed E-state index contributed by atoms with van der Waals surface area (Å²) in [5.41, 5.74) is -0.134. The largest absolute Gasteiger partial charge is 1.00 e. The second kappa shape index (κ2) is 9.02. The molecule has 0 bridgehead atoms. The Labute approximate surface area is 144 Å². The van der Waals surface area contributed by atoms with Crippen molar-refractivity contribution in [3.63, 3.8) is 0 Å². The maximum atomic E-state index is 10.3. The van der Waals surface area contributed by atoms with Crippen molar-refractivity contribution in [2.45, 2.75) is 0 Å². The van der Waals surface area contributed by atoms with Crippen molar-refractivity contribution in [1.29, 1.82) is 0 Å². The Hall–Kier alpha value is -2.02. The van der Waals surface area contributed by atoms with Gasteiger partial charge in [0.25, 0.3) is 0 Å². The van der Waals surface area contributed by atoms with Crippen molar-refractivity contribution in [1.82, 2.24) is 0 Å². The van der Waals surface area contributed by atoms with E-state index >= 15 is 0 Å². The Morgan fingerprint density at radius 1 is 0.714 bits per heavy atom. The molecular weight excluding hydrogens is 287 g/mol. The molecule has 0 amide bonds. The molecule has 0 saturated heterocycles. The molecule has 21 heavy (non-hydrogen) atoms. The van der Waals surface area contributed by atoms with E-state index in [0.717, 1.165) is 0 Å². The van der Waals surface area contributed by atoms with Gasteiger partial charge in [0.05, 0.1) is 0 Å². The van der Waals surface area contributed by atoms with Crippen molar-refractivity contribution in [3.8, 4) is 11.5 Å². The molecule has 0 spiro atoms. The minimum Gasteiger partial charge on any atom is -1.00 e. The summed E-state index contributed by atoms with van der Waals surface area (Å²) in [6.07, 6.45) is 0. The summed E-state index contributed by atoms with van der Waals surface area (Å²) >= 11 is 0. The second-order valence-corrected chi connectivity index (χ2v) is 3.64. The van der Waals surface area contributed by atoms with Gasteiger partial charge in [-0.3, -0.25) is 0 Å². The van der Waals surface area contributed by atoms with Gasteiger partial charge in [0.15, 0.2) is 0 Å². The Bertz CT molecular complexity index is 577. The first kappa shape index (κ1) is 19.0. The van der Waals surface area contributed by atoms with E-state index in [1.165, 1.54) is 24.3 Å². The van der Waals surface area contributed by atoms with Crippen LogP contribution in [0.15, 0.2) is 48.5 Å². The van der Waals surface area contributed by atoms with Gasteiger partial charge in [0.2, 0.25) is 0 Å². The third-order valence-corrected chi connectivity index (χ3v) is 2.27. The minimum absolute atomic E-state index is 0. The SMILES string of the molecule is O=C(O)c1ccccc1O.O=C(O)c1ccccc1O.[H-].[Na+]. The first-order chi connectivity index (χ1) is 9.43. The van der Waals surface area contributed by atoms with Crippen LogP contribution in [0, 0.1) is 0 Å². The van der Waals surface area contributed by atoms with Crippen LogP contribution in [0.4, 0.5) is 0 Å². The summed E-state index contributed by atoms with van der Waals surface area (Å²) in [5, 5.41) is 34.6. The van der Waals surface area contributed by atoms with Crippen LogP contribution in [0.25, 0.3) is 0 Å². The number of phenols is 2. The van der Waals surface area contributed by atoms with Crippen LogP contribution >= 0.6 is 0 Å². The van der Waals surface area contributed by atoms with Gasteiger partial charge in [-0.15, -0.1) is 0 Å². The van der Waals surface area contributed by atoms with Crippen molar-refractivity contribution >= 4 is 11.9 Å². The minimum atomic E-state index is -1.11. The summed E-state index contributed by atoms with van der Waals surface area (Å²) < 4.78 is 0. The van der Waals surface area contributed by atoms with E-state index in [1.54, 1.807) is 24.3 Å². The van der Waals surface area contributed by atoms with Crippen LogP contribution in [0.2, 0.25) is 0 Å². The maximum Gasteiger partial charge on any atom is 1.00 e. The summed E-state index contributed by atoms with van der Waals surface area (Å²) in [7, 11) is 0. The molecule has 4 N–H and O–H groups in total. The predicted molar refractivity (Wildman–Crippen MR) is 71.2 cm³/mol. The van der Waals surface area contributed by atoms with Crippen molar-refractivity contribution in [2.75, 3.05) is 0 Å². The van der Waals surface area contributed by atoms with Gasteiger partial charge in [-0.2, -0.15) is 0 Å². The molecule has 0 aliphatic rings. The molecule has 0 saturated carbocycles. The molecule has 7 heteroatoms. The molecule has 0 unspecified atom stereocenters. The monoisotopic (exact) mass is 300 g/mol. The molecule has 6 nitrogen and oxygen atoms in total. The third kappa shape index (κ3) is 5.86. The van der Waals surface area contributed by atoms with Crippen LogP contribution in [0.1, 0.15) is 22.1 Å². The fourth-order valence-corrected chi connectivity index (χ4v) is 1.31. The fourth-order valence-electron chi connectivity index (χ4n) is 1.31. The molecule has 0 aliphatic heterocycles. The molecule has 2 aromatic rings. The average Bonchev–Trinajstić information content (AvgIpc) is 2.40.